The zero-order chi connectivity index (χ0) is 16.1. The Bertz CT molecular complexity index is 520. The highest BCUT2D eigenvalue weighted by Gasteiger charge is 2.24. The number of ketones is 1. The Morgan fingerprint density at radius 2 is 2.00 bits per heavy atom. The Labute approximate surface area is 131 Å². The number of esters is 1. The average molecular weight is 304 g/mol. The van der Waals surface area contributed by atoms with Crippen LogP contribution in [0.4, 0.5) is 0 Å². The van der Waals surface area contributed by atoms with Crippen molar-refractivity contribution in [3.05, 3.63) is 35.4 Å². The summed E-state index contributed by atoms with van der Waals surface area (Å²) >= 11 is 0. The first kappa shape index (κ1) is 16.7. The maximum absolute atomic E-state index is 11.9. The molecule has 0 heterocycles. The van der Waals surface area contributed by atoms with Crippen LogP contribution in [0.5, 0.6) is 0 Å². The molecule has 0 bridgehead atoms. The van der Waals surface area contributed by atoms with Gasteiger partial charge in [0.2, 0.25) is 0 Å². The predicted octanol–water partition coefficient (Wildman–Crippen LogP) is 2.63. The van der Waals surface area contributed by atoms with E-state index in [1.54, 1.807) is 13.8 Å². The van der Waals surface area contributed by atoms with E-state index in [9.17, 15) is 9.59 Å². The van der Waals surface area contributed by atoms with E-state index in [1.165, 1.54) is 0 Å². The van der Waals surface area contributed by atoms with Crippen LogP contribution in [0.15, 0.2) is 24.3 Å². The molecule has 3 atom stereocenters. The van der Waals surface area contributed by atoms with E-state index < -0.39 is 6.10 Å². The molecule has 3 unspecified atom stereocenters. The molecule has 4 heteroatoms. The van der Waals surface area contributed by atoms with Gasteiger partial charge in [-0.05, 0) is 44.2 Å². The van der Waals surface area contributed by atoms with E-state index in [1.807, 2.05) is 24.3 Å². The van der Waals surface area contributed by atoms with Crippen LogP contribution in [-0.4, -0.2) is 29.6 Å². The first-order valence-corrected chi connectivity index (χ1v) is 7.94. The summed E-state index contributed by atoms with van der Waals surface area (Å²) in [6.45, 7) is 3.28. The molecule has 1 aromatic rings. The molecule has 1 aromatic carbocycles. The van der Waals surface area contributed by atoms with Crippen LogP contribution in [-0.2, 0) is 20.7 Å². The molecule has 22 heavy (non-hydrogen) atoms. The monoisotopic (exact) mass is 304 g/mol. The van der Waals surface area contributed by atoms with Gasteiger partial charge in [0.05, 0.1) is 12.5 Å². The topological polar surface area (TPSA) is 63.6 Å². The highest BCUT2D eigenvalue weighted by Crippen LogP contribution is 2.26. The highest BCUT2D eigenvalue weighted by molar-refractivity contribution is 5.83. The highest BCUT2D eigenvalue weighted by atomic mass is 16.6. The smallest absolute Gasteiger partial charge is 0.313 e. The van der Waals surface area contributed by atoms with E-state index >= 15 is 0 Å². The van der Waals surface area contributed by atoms with Gasteiger partial charge in [-0.15, -0.1) is 0 Å². The molecule has 1 N–H and O–H groups in total. The predicted molar refractivity (Wildman–Crippen MR) is 83.5 cm³/mol. The number of ether oxygens (including phenoxy) is 1. The van der Waals surface area contributed by atoms with Crippen LogP contribution in [0.3, 0.4) is 0 Å². The number of hydrogen-bond acceptors (Lipinski definition) is 4. The minimum atomic E-state index is -0.484. The molecule has 4 nitrogen and oxygen atoms in total. The summed E-state index contributed by atoms with van der Waals surface area (Å²) in [6, 6.07) is 7.81. The summed E-state index contributed by atoms with van der Waals surface area (Å²) in [5.74, 6) is -0.158. The van der Waals surface area contributed by atoms with Gasteiger partial charge in [0, 0.05) is 12.3 Å². The van der Waals surface area contributed by atoms with E-state index in [0.29, 0.717) is 12.2 Å². The minimum absolute atomic E-state index is 0.165. The van der Waals surface area contributed by atoms with Crippen molar-refractivity contribution in [2.24, 2.45) is 5.92 Å². The van der Waals surface area contributed by atoms with Gasteiger partial charge >= 0.3 is 5.97 Å². The number of aliphatic hydroxyl groups is 1. The summed E-state index contributed by atoms with van der Waals surface area (Å²) in [7, 11) is 0. The van der Waals surface area contributed by atoms with Crippen molar-refractivity contribution in [2.75, 3.05) is 6.61 Å². The quantitative estimate of drug-likeness (QED) is 0.821. The maximum atomic E-state index is 11.9. The molecule has 1 aliphatic rings. The molecule has 1 saturated carbocycles. The molecular formula is C18H24O4. The van der Waals surface area contributed by atoms with Crippen molar-refractivity contribution >= 4 is 11.8 Å². The molecule has 0 spiro atoms. The van der Waals surface area contributed by atoms with Crippen molar-refractivity contribution in [3.8, 4) is 0 Å². The number of carbonyl (C=O) groups excluding carboxylic acids is 2. The summed E-state index contributed by atoms with van der Waals surface area (Å²) in [5, 5.41) is 8.92. The third-order valence-corrected chi connectivity index (χ3v) is 4.32. The maximum Gasteiger partial charge on any atom is 0.313 e. The van der Waals surface area contributed by atoms with E-state index in [0.717, 1.165) is 30.4 Å². The van der Waals surface area contributed by atoms with Crippen molar-refractivity contribution in [3.63, 3.8) is 0 Å². The Hall–Kier alpha value is -1.68. The van der Waals surface area contributed by atoms with Crippen molar-refractivity contribution in [2.45, 2.75) is 51.6 Å². The van der Waals surface area contributed by atoms with Crippen LogP contribution >= 0.6 is 0 Å². The van der Waals surface area contributed by atoms with Gasteiger partial charge in [0.1, 0.15) is 11.9 Å². The van der Waals surface area contributed by atoms with Gasteiger partial charge < -0.3 is 9.84 Å². The fourth-order valence-corrected chi connectivity index (χ4v) is 2.80. The number of carbonyl (C=O) groups is 2. The molecular weight excluding hydrogens is 280 g/mol. The van der Waals surface area contributed by atoms with Crippen LogP contribution in [0, 0.1) is 5.92 Å². The average Bonchev–Trinajstić information content (AvgIpc) is 2.92. The van der Waals surface area contributed by atoms with Gasteiger partial charge in [0.15, 0.2) is 0 Å². The van der Waals surface area contributed by atoms with Crippen LogP contribution in [0.1, 0.15) is 50.2 Å². The molecule has 0 radical (unpaired) electrons. The molecule has 120 valence electrons. The van der Waals surface area contributed by atoms with E-state index in [-0.39, 0.29) is 24.4 Å². The van der Waals surface area contributed by atoms with Crippen LogP contribution < -0.4 is 0 Å². The van der Waals surface area contributed by atoms with E-state index in [2.05, 4.69) is 0 Å². The van der Waals surface area contributed by atoms with Crippen molar-refractivity contribution < 1.29 is 19.4 Å². The van der Waals surface area contributed by atoms with Gasteiger partial charge in [-0.1, -0.05) is 24.3 Å². The third kappa shape index (κ3) is 4.17. The number of hydrogen-bond donors (Lipinski definition) is 1. The third-order valence-electron chi connectivity index (χ3n) is 4.32. The Morgan fingerprint density at radius 3 is 2.55 bits per heavy atom. The molecule has 0 aliphatic heterocycles. The molecule has 0 amide bonds. The minimum Gasteiger partial charge on any atom is -0.460 e. The second-order valence-electron chi connectivity index (χ2n) is 6.15. The molecule has 0 aromatic heterocycles. The Balaban J connectivity index is 1.96. The normalized spacial score (nSPS) is 20.7. The molecule has 0 saturated heterocycles. The first-order valence-electron chi connectivity index (χ1n) is 7.94. The molecule has 1 aliphatic carbocycles. The SMILES string of the molecule is CC(CO)OC(=O)C(C)c1ccc(CC2CCCC2=O)cc1. The molecule has 2 rings (SSSR count). The summed E-state index contributed by atoms with van der Waals surface area (Å²) < 4.78 is 5.13. The summed E-state index contributed by atoms with van der Waals surface area (Å²) in [5.41, 5.74) is 2.02. The van der Waals surface area contributed by atoms with Gasteiger partial charge in [-0.25, -0.2) is 0 Å². The van der Waals surface area contributed by atoms with E-state index in [4.69, 9.17) is 9.84 Å². The van der Waals surface area contributed by atoms with Crippen molar-refractivity contribution in [1.29, 1.82) is 0 Å². The lowest BCUT2D eigenvalue weighted by Gasteiger charge is -2.16. The second kappa shape index (κ2) is 7.54. The van der Waals surface area contributed by atoms with Crippen LogP contribution in [0.25, 0.3) is 0 Å². The largest absolute Gasteiger partial charge is 0.460 e. The lowest BCUT2D eigenvalue weighted by molar-refractivity contribution is -0.151. The summed E-state index contributed by atoms with van der Waals surface area (Å²) in [4.78, 5) is 23.6. The van der Waals surface area contributed by atoms with Crippen LogP contribution in [0.2, 0.25) is 0 Å². The van der Waals surface area contributed by atoms with Gasteiger partial charge in [-0.2, -0.15) is 0 Å². The zero-order valence-electron chi connectivity index (χ0n) is 13.2. The summed E-state index contributed by atoms with van der Waals surface area (Å²) in [6.07, 6.45) is 3.02. The first-order chi connectivity index (χ1) is 10.5. The lowest BCUT2D eigenvalue weighted by atomic mass is 9.94. The standard InChI is InChI=1S/C18H24O4/c1-12(11-19)22-18(21)13(2)15-8-6-14(7-9-15)10-16-4-3-5-17(16)20/h6-9,12-13,16,19H,3-5,10-11H2,1-2H3. The second-order valence-corrected chi connectivity index (χ2v) is 6.15. The fourth-order valence-electron chi connectivity index (χ4n) is 2.80. The lowest BCUT2D eigenvalue weighted by Crippen LogP contribution is -2.22. The Morgan fingerprint density at radius 1 is 1.32 bits per heavy atom. The number of Topliss-reactive ketones (excluding diaryl/α,β-unsaturated/α-hetero) is 1. The van der Waals surface area contributed by atoms with Gasteiger partial charge in [-0.3, -0.25) is 9.59 Å². The van der Waals surface area contributed by atoms with Gasteiger partial charge in [0.25, 0.3) is 0 Å². The number of aliphatic hydroxyl groups excluding tert-OH is 1. The Kier molecular flexibility index (Phi) is 5.72. The number of rotatable bonds is 6. The number of benzene rings is 1. The molecule has 1 fully saturated rings. The zero-order valence-corrected chi connectivity index (χ0v) is 13.2. The van der Waals surface area contributed by atoms with Crippen molar-refractivity contribution in [1.82, 2.24) is 0 Å². The fraction of sp³-hybridized carbons (Fsp3) is 0.556.